The van der Waals surface area contributed by atoms with E-state index in [0.717, 1.165) is 43.8 Å². The van der Waals surface area contributed by atoms with E-state index in [0.29, 0.717) is 0 Å². The van der Waals surface area contributed by atoms with E-state index in [1.165, 1.54) is 22.5 Å². The van der Waals surface area contributed by atoms with Gasteiger partial charge >= 0.3 is 0 Å². The van der Waals surface area contributed by atoms with Gasteiger partial charge in [0.2, 0.25) is 0 Å². The molecule has 6 heteroatoms. The van der Waals surface area contributed by atoms with Crippen molar-refractivity contribution in [1.29, 1.82) is 0 Å². The van der Waals surface area contributed by atoms with Crippen LogP contribution in [0, 0.1) is 12.3 Å². The molecule has 4 rings (SSSR count). The van der Waals surface area contributed by atoms with Crippen molar-refractivity contribution in [3.05, 3.63) is 59.2 Å². The van der Waals surface area contributed by atoms with Crippen molar-refractivity contribution < 1.29 is 4.74 Å². The van der Waals surface area contributed by atoms with Crippen LogP contribution in [0.15, 0.2) is 36.7 Å². The summed E-state index contributed by atoms with van der Waals surface area (Å²) in [6.45, 7) is 10.8. The molecular weight excluding hydrogens is 374 g/mol. The molecule has 0 aliphatic heterocycles. The van der Waals surface area contributed by atoms with Crippen molar-refractivity contribution in [2.24, 2.45) is 5.41 Å². The molecule has 0 spiro atoms. The minimum absolute atomic E-state index is 0.205. The lowest BCUT2D eigenvalue weighted by atomic mass is 9.74. The van der Waals surface area contributed by atoms with Crippen molar-refractivity contribution in [1.82, 2.24) is 24.9 Å². The van der Waals surface area contributed by atoms with Crippen LogP contribution in [-0.4, -0.2) is 26.7 Å². The number of ether oxygens (including phenoxy) is 1. The quantitative estimate of drug-likeness (QED) is 0.622. The van der Waals surface area contributed by atoms with E-state index in [4.69, 9.17) is 9.84 Å². The number of benzene rings is 1. The lowest BCUT2D eigenvalue weighted by molar-refractivity contribution is 0.252. The van der Waals surface area contributed by atoms with Gasteiger partial charge < -0.3 is 10.1 Å². The van der Waals surface area contributed by atoms with Gasteiger partial charge in [-0.2, -0.15) is 10.2 Å². The van der Waals surface area contributed by atoms with Gasteiger partial charge in [0, 0.05) is 41.6 Å². The van der Waals surface area contributed by atoms with Crippen molar-refractivity contribution in [3.8, 4) is 11.4 Å². The molecule has 1 aromatic carbocycles. The van der Waals surface area contributed by atoms with Crippen LogP contribution in [0.5, 0.6) is 5.75 Å². The molecule has 2 aromatic heterocycles. The second kappa shape index (κ2) is 8.26. The second-order valence-electron chi connectivity index (χ2n) is 9.11. The number of methoxy groups -OCH3 is 1. The Hall–Kier alpha value is -2.60. The van der Waals surface area contributed by atoms with E-state index >= 15 is 0 Å². The molecular formula is C24H33N5O. The molecule has 3 aromatic rings. The molecule has 1 N–H and O–H groups in total. The molecule has 0 saturated carbocycles. The smallest absolute Gasteiger partial charge is 0.119 e. The summed E-state index contributed by atoms with van der Waals surface area (Å²) in [5.41, 5.74) is 6.42. The molecule has 160 valence electrons. The lowest BCUT2D eigenvalue weighted by Gasteiger charge is -2.36. The van der Waals surface area contributed by atoms with Crippen LogP contribution in [0.4, 0.5) is 0 Å². The Bertz CT molecular complexity index is 999. The maximum absolute atomic E-state index is 5.30. The average molecular weight is 408 g/mol. The fourth-order valence-electron chi connectivity index (χ4n) is 4.50. The Morgan fingerprint density at radius 3 is 2.63 bits per heavy atom. The molecule has 1 aliphatic rings. The first-order valence-corrected chi connectivity index (χ1v) is 10.9. The number of nitrogens with zero attached hydrogens (tertiary/aromatic N) is 4. The van der Waals surface area contributed by atoms with Crippen LogP contribution >= 0.6 is 0 Å². The van der Waals surface area contributed by atoms with E-state index in [-0.39, 0.29) is 11.5 Å². The Morgan fingerprint density at radius 2 is 1.93 bits per heavy atom. The van der Waals surface area contributed by atoms with E-state index in [1.807, 2.05) is 24.5 Å². The minimum Gasteiger partial charge on any atom is -0.497 e. The zero-order valence-electron chi connectivity index (χ0n) is 18.8. The molecule has 1 atom stereocenters. The summed E-state index contributed by atoms with van der Waals surface area (Å²) in [5.74, 6) is 0.860. The molecule has 0 amide bonds. The monoisotopic (exact) mass is 407 g/mol. The Balaban J connectivity index is 1.58. The van der Waals surface area contributed by atoms with Gasteiger partial charge in [-0.05, 0) is 55.9 Å². The number of fused-ring (bicyclic) bond motifs is 1. The van der Waals surface area contributed by atoms with Gasteiger partial charge in [-0.1, -0.05) is 20.8 Å². The maximum Gasteiger partial charge on any atom is 0.119 e. The van der Waals surface area contributed by atoms with Crippen LogP contribution < -0.4 is 10.1 Å². The molecule has 30 heavy (non-hydrogen) atoms. The Labute approximate surface area is 179 Å². The van der Waals surface area contributed by atoms with Gasteiger partial charge in [0.15, 0.2) is 0 Å². The summed E-state index contributed by atoms with van der Waals surface area (Å²) in [5, 5.41) is 13.1. The van der Waals surface area contributed by atoms with Gasteiger partial charge in [0.05, 0.1) is 25.2 Å². The molecule has 0 fully saturated rings. The highest BCUT2D eigenvalue weighted by Gasteiger charge is 2.35. The van der Waals surface area contributed by atoms with Crippen molar-refractivity contribution in [3.63, 3.8) is 0 Å². The molecule has 0 unspecified atom stereocenters. The number of rotatable bonds is 7. The summed E-state index contributed by atoms with van der Waals surface area (Å²) >= 11 is 0. The number of hydrogen-bond donors (Lipinski definition) is 1. The minimum atomic E-state index is 0.205. The molecule has 6 nitrogen and oxygen atoms in total. The molecule has 0 bridgehead atoms. The highest BCUT2D eigenvalue weighted by atomic mass is 16.5. The Morgan fingerprint density at radius 1 is 1.17 bits per heavy atom. The summed E-state index contributed by atoms with van der Waals surface area (Å²) in [6.07, 6.45) is 7.25. The van der Waals surface area contributed by atoms with Crippen molar-refractivity contribution >= 4 is 0 Å². The standard InChI is InChI=1S/C24H33N5O/c1-6-11-28-17(2)18(15-26-28)14-25-22-12-24(3,4)13-23-21(22)16-27-29(23)19-7-9-20(30-5)10-8-19/h7-10,15-16,22,25H,6,11-14H2,1-5H3/t22-/m0/s1. The topological polar surface area (TPSA) is 56.9 Å². The largest absolute Gasteiger partial charge is 0.497 e. The summed E-state index contributed by atoms with van der Waals surface area (Å²) in [4.78, 5) is 0. The highest BCUT2D eigenvalue weighted by Crippen LogP contribution is 2.41. The number of aryl methyl sites for hydroxylation is 1. The predicted octanol–water partition coefficient (Wildman–Crippen LogP) is 4.60. The van der Waals surface area contributed by atoms with E-state index in [2.05, 4.69) is 59.6 Å². The summed E-state index contributed by atoms with van der Waals surface area (Å²) in [6, 6.07) is 8.40. The third-order valence-corrected chi connectivity index (χ3v) is 6.18. The lowest BCUT2D eigenvalue weighted by Crippen LogP contribution is -2.33. The summed E-state index contributed by atoms with van der Waals surface area (Å²) < 4.78 is 9.50. The molecule has 0 saturated heterocycles. The summed E-state index contributed by atoms with van der Waals surface area (Å²) in [7, 11) is 1.69. The van der Waals surface area contributed by atoms with E-state index < -0.39 is 0 Å². The van der Waals surface area contributed by atoms with Crippen LogP contribution in [-0.2, 0) is 19.5 Å². The number of hydrogen-bond acceptors (Lipinski definition) is 4. The first-order chi connectivity index (χ1) is 14.4. The highest BCUT2D eigenvalue weighted by molar-refractivity contribution is 5.41. The Kier molecular flexibility index (Phi) is 5.69. The van der Waals surface area contributed by atoms with Crippen molar-refractivity contribution in [2.45, 2.75) is 66.1 Å². The van der Waals surface area contributed by atoms with Crippen LogP contribution in [0.25, 0.3) is 5.69 Å². The van der Waals surface area contributed by atoms with Gasteiger partial charge in [-0.15, -0.1) is 0 Å². The normalized spacial score (nSPS) is 17.7. The van der Waals surface area contributed by atoms with Crippen LogP contribution in [0.1, 0.15) is 62.2 Å². The SMILES string of the molecule is CCCn1ncc(CN[C@H]2CC(C)(C)Cc3c2cnn3-c2ccc(OC)cc2)c1C. The third kappa shape index (κ3) is 4.01. The second-order valence-corrected chi connectivity index (χ2v) is 9.11. The molecule has 0 radical (unpaired) electrons. The van der Waals surface area contributed by atoms with Crippen molar-refractivity contribution in [2.75, 3.05) is 7.11 Å². The third-order valence-electron chi connectivity index (χ3n) is 6.18. The average Bonchev–Trinajstić information content (AvgIpc) is 3.29. The van der Waals surface area contributed by atoms with Crippen LogP contribution in [0.2, 0.25) is 0 Å². The van der Waals surface area contributed by atoms with E-state index in [1.54, 1.807) is 7.11 Å². The zero-order chi connectivity index (χ0) is 21.3. The first-order valence-electron chi connectivity index (χ1n) is 10.9. The fourth-order valence-corrected chi connectivity index (χ4v) is 4.50. The first kappa shape index (κ1) is 20.7. The van der Waals surface area contributed by atoms with Gasteiger partial charge in [0.25, 0.3) is 0 Å². The van der Waals surface area contributed by atoms with Gasteiger partial charge in [-0.25, -0.2) is 4.68 Å². The molecule has 2 heterocycles. The van der Waals surface area contributed by atoms with Gasteiger partial charge in [-0.3, -0.25) is 4.68 Å². The maximum atomic E-state index is 5.30. The predicted molar refractivity (Wildman–Crippen MR) is 119 cm³/mol. The number of aromatic nitrogens is 4. The number of nitrogens with one attached hydrogen (secondary N) is 1. The molecule has 1 aliphatic carbocycles. The van der Waals surface area contributed by atoms with E-state index in [9.17, 15) is 0 Å². The van der Waals surface area contributed by atoms with Gasteiger partial charge in [0.1, 0.15) is 5.75 Å². The fraction of sp³-hybridized carbons (Fsp3) is 0.500. The zero-order valence-corrected chi connectivity index (χ0v) is 18.8. The van der Waals surface area contributed by atoms with Crippen LogP contribution in [0.3, 0.4) is 0 Å².